The minimum atomic E-state index is -0.678. The van der Waals surface area contributed by atoms with Crippen LogP contribution in [0, 0.1) is 11.3 Å². The molecule has 1 rings (SSSR count). The summed E-state index contributed by atoms with van der Waals surface area (Å²) in [6, 6.07) is 8.35. The van der Waals surface area contributed by atoms with Crippen LogP contribution in [0.5, 0.6) is 0 Å². The highest BCUT2D eigenvalue weighted by Crippen LogP contribution is 2.19. The van der Waals surface area contributed by atoms with Gasteiger partial charge in [0.2, 0.25) is 5.91 Å². The van der Waals surface area contributed by atoms with E-state index in [0.29, 0.717) is 11.3 Å². The molecule has 1 amide bonds. The number of nitrogens with zero attached hydrogens (tertiary/aromatic N) is 1. The molecule has 0 saturated heterocycles. The van der Waals surface area contributed by atoms with Crippen LogP contribution in [0.4, 0.5) is 0 Å². The number of esters is 1. The summed E-state index contributed by atoms with van der Waals surface area (Å²) in [5.41, 5.74) is 0.579. The number of carbonyl (C=O) groups is 2. The van der Waals surface area contributed by atoms with E-state index in [4.69, 9.17) is 5.26 Å². The number of nitriles is 1. The van der Waals surface area contributed by atoms with E-state index in [1.165, 1.54) is 25.8 Å². The van der Waals surface area contributed by atoms with Crippen LogP contribution in [0.1, 0.15) is 12.5 Å². The Morgan fingerprint density at radius 1 is 1.42 bits per heavy atom. The highest BCUT2D eigenvalue weighted by molar-refractivity contribution is 7.99. The number of carbonyl (C=O) groups excluding carboxylic acids is 2. The van der Waals surface area contributed by atoms with E-state index < -0.39 is 12.0 Å². The second-order valence-corrected chi connectivity index (χ2v) is 4.82. The molecule has 1 aromatic rings. The van der Waals surface area contributed by atoms with Gasteiger partial charge in [0.05, 0.1) is 18.7 Å². The largest absolute Gasteiger partial charge is 0.467 e. The van der Waals surface area contributed by atoms with Gasteiger partial charge in [0.25, 0.3) is 0 Å². The normalized spacial score (nSPS) is 11.2. The van der Waals surface area contributed by atoms with E-state index >= 15 is 0 Å². The van der Waals surface area contributed by atoms with E-state index in [-0.39, 0.29) is 5.91 Å². The number of rotatable bonds is 5. The Bertz CT molecular complexity index is 494. The van der Waals surface area contributed by atoms with Crippen molar-refractivity contribution in [1.82, 2.24) is 5.32 Å². The number of benzene rings is 1. The lowest BCUT2D eigenvalue weighted by molar-refractivity contribution is -0.144. The van der Waals surface area contributed by atoms with Crippen LogP contribution in [0.15, 0.2) is 29.2 Å². The number of methoxy groups -OCH3 is 1. The smallest absolute Gasteiger partial charge is 0.329 e. The number of amides is 1. The second kappa shape index (κ2) is 7.44. The molecule has 0 heterocycles. The fourth-order valence-electron chi connectivity index (χ4n) is 1.36. The monoisotopic (exact) mass is 278 g/mol. The number of thioether (sulfide) groups is 1. The quantitative estimate of drug-likeness (QED) is 0.649. The second-order valence-electron chi connectivity index (χ2n) is 3.72. The first kappa shape index (κ1) is 15.1. The summed E-state index contributed by atoms with van der Waals surface area (Å²) in [6.45, 7) is 1.35. The van der Waals surface area contributed by atoms with E-state index in [1.807, 2.05) is 6.07 Å². The predicted octanol–water partition coefficient (Wildman–Crippen LogP) is 1.33. The molecule has 0 bridgehead atoms. The molecule has 0 aliphatic carbocycles. The molecule has 6 heteroatoms. The molecule has 1 aromatic carbocycles. The summed E-state index contributed by atoms with van der Waals surface area (Å²) in [7, 11) is 1.28. The van der Waals surface area contributed by atoms with Crippen LogP contribution in [0.3, 0.4) is 0 Å². The van der Waals surface area contributed by atoms with Crippen molar-refractivity contribution in [3.63, 3.8) is 0 Å². The summed E-state index contributed by atoms with van der Waals surface area (Å²) < 4.78 is 4.63. The Hall–Kier alpha value is -2.00. The first-order valence-electron chi connectivity index (χ1n) is 5.54. The molecule has 0 fully saturated rings. The van der Waals surface area contributed by atoms with Crippen LogP contribution >= 0.6 is 11.8 Å². The number of hydrogen-bond donors (Lipinski definition) is 1. The Kier molecular flexibility index (Phi) is 5.90. The first-order valence-corrected chi connectivity index (χ1v) is 6.53. The van der Waals surface area contributed by atoms with E-state index in [0.717, 1.165) is 4.90 Å². The molecule has 0 unspecified atom stereocenters. The van der Waals surface area contributed by atoms with Gasteiger partial charge in [0.1, 0.15) is 6.04 Å². The van der Waals surface area contributed by atoms with Gasteiger partial charge in [-0.3, -0.25) is 4.79 Å². The van der Waals surface area contributed by atoms with Crippen LogP contribution in [-0.2, 0) is 14.3 Å². The molecule has 0 spiro atoms. The van der Waals surface area contributed by atoms with Crippen molar-refractivity contribution in [2.24, 2.45) is 0 Å². The predicted molar refractivity (Wildman–Crippen MR) is 71.5 cm³/mol. The molecule has 19 heavy (non-hydrogen) atoms. The van der Waals surface area contributed by atoms with Crippen molar-refractivity contribution in [1.29, 1.82) is 5.26 Å². The van der Waals surface area contributed by atoms with Crippen LogP contribution in [0.2, 0.25) is 0 Å². The van der Waals surface area contributed by atoms with Crippen LogP contribution in [-0.4, -0.2) is 30.8 Å². The maximum Gasteiger partial charge on any atom is 0.329 e. The highest BCUT2D eigenvalue weighted by Gasteiger charge is 2.20. The fourth-order valence-corrected chi connectivity index (χ4v) is 2.27. The van der Waals surface area contributed by atoms with Crippen molar-refractivity contribution < 1.29 is 14.3 Å². The van der Waals surface area contributed by atoms with Gasteiger partial charge in [0.15, 0.2) is 0 Å². The molecule has 1 atom stereocenters. The Labute approximate surface area is 115 Å². The lowest BCUT2D eigenvalue weighted by Gasteiger charge is -2.14. The van der Waals surface area contributed by atoms with Gasteiger partial charge >= 0.3 is 5.97 Å². The van der Waals surface area contributed by atoms with E-state index in [2.05, 4.69) is 10.1 Å². The summed E-state index contributed by atoms with van der Waals surface area (Å²) in [5, 5.41) is 11.2. The van der Waals surface area contributed by atoms with Crippen LogP contribution in [0.25, 0.3) is 0 Å². The molecule has 0 aliphatic heterocycles. The summed E-state index contributed by atoms with van der Waals surface area (Å²) in [5.74, 6) is -0.384. The van der Waals surface area contributed by atoms with Crippen molar-refractivity contribution in [3.8, 4) is 6.07 Å². The third kappa shape index (κ3) is 5.02. The van der Waals surface area contributed by atoms with Gasteiger partial charge in [-0.25, -0.2) is 4.79 Å². The third-order valence-corrected chi connectivity index (χ3v) is 3.37. The van der Waals surface area contributed by atoms with Gasteiger partial charge < -0.3 is 10.1 Å². The number of nitrogens with one attached hydrogen (secondary N) is 1. The summed E-state index contributed by atoms with van der Waals surface area (Å²) in [4.78, 5) is 23.4. The molecule has 0 radical (unpaired) electrons. The molecule has 100 valence electrons. The molecular weight excluding hydrogens is 264 g/mol. The summed E-state index contributed by atoms with van der Waals surface area (Å²) >= 11 is 1.41. The Morgan fingerprint density at radius 3 is 2.53 bits per heavy atom. The Morgan fingerprint density at radius 2 is 2.05 bits per heavy atom. The van der Waals surface area contributed by atoms with Crippen molar-refractivity contribution in [3.05, 3.63) is 29.8 Å². The number of ether oxygens (including phenoxy) is 1. The van der Waals surface area contributed by atoms with E-state index in [9.17, 15) is 9.59 Å². The maximum absolute atomic E-state index is 11.5. The minimum absolute atomic E-state index is 0.282. The van der Waals surface area contributed by atoms with Gasteiger partial charge in [-0.05, 0) is 24.3 Å². The van der Waals surface area contributed by atoms with Gasteiger partial charge in [-0.15, -0.1) is 11.8 Å². The van der Waals surface area contributed by atoms with Gasteiger partial charge in [-0.1, -0.05) is 0 Å². The third-order valence-electron chi connectivity index (χ3n) is 2.26. The molecule has 1 N–H and O–H groups in total. The highest BCUT2D eigenvalue weighted by atomic mass is 32.2. The number of hydrogen-bond acceptors (Lipinski definition) is 5. The SMILES string of the molecule is COC(=O)[C@H](CSc1ccc(C#N)cc1)NC(C)=O. The standard InChI is InChI=1S/C13H14N2O3S/c1-9(16)15-12(13(17)18-2)8-19-11-5-3-10(7-14)4-6-11/h3-6,12H,8H2,1-2H3,(H,15,16)/t12-/m0/s1. The molecular formula is C13H14N2O3S. The van der Waals surface area contributed by atoms with Gasteiger partial charge in [-0.2, -0.15) is 5.26 Å². The lowest BCUT2D eigenvalue weighted by atomic mass is 10.2. The fraction of sp³-hybridized carbons (Fsp3) is 0.308. The average Bonchev–Trinajstić information content (AvgIpc) is 2.42. The zero-order valence-electron chi connectivity index (χ0n) is 10.7. The Balaban J connectivity index is 2.62. The van der Waals surface area contributed by atoms with Crippen molar-refractivity contribution in [2.45, 2.75) is 17.9 Å². The lowest BCUT2D eigenvalue weighted by Crippen LogP contribution is -2.42. The zero-order chi connectivity index (χ0) is 14.3. The van der Waals surface area contributed by atoms with Gasteiger partial charge in [0, 0.05) is 17.6 Å². The molecule has 5 nitrogen and oxygen atoms in total. The summed E-state index contributed by atoms with van der Waals surface area (Å²) in [6.07, 6.45) is 0. The molecule has 0 aliphatic rings. The van der Waals surface area contributed by atoms with E-state index in [1.54, 1.807) is 24.3 Å². The van der Waals surface area contributed by atoms with Crippen molar-refractivity contribution >= 4 is 23.6 Å². The molecule has 0 aromatic heterocycles. The topological polar surface area (TPSA) is 79.2 Å². The first-order chi connectivity index (χ1) is 9.06. The average molecular weight is 278 g/mol. The van der Waals surface area contributed by atoms with Crippen molar-refractivity contribution in [2.75, 3.05) is 12.9 Å². The van der Waals surface area contributed by atoms with Crippen LogP contribution < -0.4 is 5.32 Å². The maximum atomic E-state index is 11.5. The minimum Gasteiger partial charge on any atom is -0.467 e. The zero-order valence-corrected chi connectivity index (χ0v) is 11.5. The molecule has 0 saturated carbocycles.